The minimum atomic E-state index is 0.451. The minimum absolute atomic E-state index is 0.451. The van der Waals surface area contributed by atoms with Crippen LogP contribution in [-0.4, -0.2) is 40.4 Å². The van der Waals surface area contributed by atoms with Gasteiger partial charge in [0, 0.05) is 37.4 Å². The Labute approximate surface area is 146 Å². The number of hydrogen-bond acceptors (Lipinski definition) is 7. The molecule has 1 N–H and O–H groups in total. The molecule has 3 aromatic rings. The molecule has 3 aromatic heterocycles. The number of nitrogens with one attached hydrogen (secondary N) is 1. The summed E-state index contributed by atoms with van der Waals surface area (Å²) in [7, 11) is 1.65. The highest BCUT2D eigenvalue weighted by atomic mass is 16.5. The molecular weight excluding hydrogens is 318 g/mol. The third kappa shape index (κ3) is 3.93. The molecule has 0 aliphatic rings. The third-order valence-electron chi connectivity index (χ3n) is 3.78. The van der Waals surface area contributed by atoms with Crippen LogP contribution in [-0.2, 0) is 11.2 Å². The first-order chi connectivity index (χ1) is 12.1. The molecule has 0 atom stereocenters. The first kappa shape index (κ1) is 17.3. The molecule has 0 fully saturated rings. The molecule has 3 rings (SSSR count). The minimum Gasteiger partial charge on any atom is -0.384 e. The molecule has 0 spiro atoms. The molecule has 0 aliphatic heterocycles. The van der Waals surface area contributed by atoms with Crippen molar-refractivity contribution >= 4 is 16.7 Å². The van der Waals surface area contributed by atoms with Crippen molar-refractivity contribution in [3.05, 3.63) is 29.8 Å². The van der Waals surface area contributed by atoms with Crippen LogP contribution >= 0.6 is 0 Å². The van der Waals surface area contributed by atoms with E-state index in [-0.39, 0.29) is 0 Å². The Kier molecular flexibility index (Phi) is 5.23. The van der Waals surface area contributed by atoms with Gasteiger partial charge in [0.05, 0.1) is 17.9 Å². The summed E-state index contributed by atoms with van der Waals surface area (Å²) in [4.78, 5) is 13.5. The zero-order chi connectivity index (χ0) is 17.8. The van der Waals surface area contributed by atoms with E-state index in [4.69, 9.17) is 9.26 Å². The Hall–Kier alpha value is -2.54. The van der Waals surface area contributed by atoms with Gasteiger partial charge < -0.3 is 14.6 Å². The van der Waals surface area contributed by atoms with E-state index in [1.807, 2.05) is 19.1 Å². The van der Waals surface area contributed by atoms with E-state index in [1.165, 1.54) is 0 Å². The van der Waals surface area contributed by atoms with Crippen LogP contribution in [0.4, 0.5) is 5.69 Å². The first-order valence-electron chi connectivity index (χ1n) is 8.40. The SMILES string of the molecule is COCCc1noc(-c2cnc3nc(C)ccc3c2NCC(C)C)n1. The zero-order valence-electron chi connectivity index (χ0n) is 15.0. The maximum absolute atomic E-state index is 5.45. The Morgan fingerprint density at radius 2 is 2.08 bits per heavy atom. The lowest BCUT2D eigenvalue weighted by molar-refractivity contribution is 0.199. The molecule has 0 aromatic carbocycles. The van der Waals surface area contributed by atoms with Crippen molar-refractivity contribution in [2.24, 2.45) is 5.92 Å². The van der Waals surface area contributed by atoms with Crippen LogP contribution in [0.2, 0.25) is 0 Å². The fourth-order valence-corrected chi connectivity index (χ4v) is 2.49. The standard InChI is InChI=1S/C18H23N5O2/c1-11(2)9-19-16-13-6-5-12(3)21-17(13)20-10-14(16)18-22-15(23-25-18)7-8-24-4/h5-6,10-11H,7-9H2,1-4H3,(H,19,20,21). The molecule has 0 unspecified atom stereocenters. The molecule has 7 heteroatoms. The second kappa shape index (κ2) is 7.57. The van der Waals surface area contributed by atoms with Gasteiger partial charge in [-0.1, -0.05) is 19.0 Å². The molecule has 3 heterocycles. The van der Waals surface area contributed by atoms with Crippen molar-refractivity contribution in [1.29, 1.82) is 0 Å². The summed E-state index contributed by atoms with van der Waals surface area (Å²) in [6.07, 6.45) is 2.35. The summed E-state index contributed by atoms with van der Waals surface area (Å²) in [6, 6.07) is 4.01. The van der Waals surface area contributed by atoms with Crippen LogP contribution in [0.1, 0.15) is 25.4 Å². The van der Waals surface area contributed by atoms with Crippen molar-refractivity contribution in [2.45, 2.75) is 27.2 Å². The fraction of sp³-hybridized carbons (Fsp3) is 0.444. The van der Waals surface area contributed by atoms with E-state index in [0.717, 1.165) is 28.9 Å². The summed E-state index contributed by atoms with van der Waals surface area (Å²) in [5.41, 5.74) is 3.35. The average molecular weight is 341 g/mol. The Balaban J connectivity index is 2.05. The van der Waals surface area contributed by atoms with Gasteiger partial charge in [0.15, 0.2) is 11.5 Å². The summed E-state index contributed by atoms with van der Waals surface area (Å²) in [5.74, 6) is 1.57. The number of rotatable bonds is 7. The molecular formula is C18H23N5O2. The normalized spacial score (nSPS) is 11.4. The number of anilines is 1. The number of methoxy groups -OCH3 is 1. The van der Waals surface area contributed by atoms with E-state index < -0.39 is 0 Å². The Morgan fingerprint density at radius 1 is 1.24 bits per heavy atom. The molecule has 132 valence electrons. The lowest BCUT2D eigenvalue weighted by atomic mass is 10.1. The third-order valence-corrected chi connectivity index (χ3v) is 3.78. The van der Waals surface area contributed by atoms with Gasteiger partial charge in [-0.3, -0.25) is 0 Å². The molecule has 0 radical (unpaired) electrons. The van der Waals surface area contributed by atoms with Crippen LogP contribution < -0.4 is 5.32 Å². The predicted octanol–water partition coefficient (Wildman–Crippen LogP) is 3.25. The summed E-state index contributed by atoms with van der Waals surface area (Å²) in [5, 5.41) is 8.46. The van der Waals surface area contributed by atoms with Crippen molar-refractivity contribution in [2.75, 3.05) is 25.6 Å². The van der Waals surface area contributed by atoms with E-state index in [0.29, 0.717) is 36.3 Å². The van der Waals surface area contributed by atoms with E-state index >= 15 is 0 Å². The first-order valence-corrected chi connectivity index (χ1v) is 8.40. The lowest BCUT2D eigenvalue weighted by Crippen LogP contribution is -2.10. The van der Waals surface area contributed by atoms with Gasteiger partial charge in [0.25, 0.3) is 5.89 Å². The zero-order valence-corrected chi connectivity index (χ0v) is 15.0. The topological polar surface area (TPSA) is 86.0 Å². The highest BCUT2D eigenvalue weighted by Gasteiger charge is 2.17. The van der Waals surface area contributed by atoms with Gasteiger partial charge in [-0.2, -0.15) is 4.98 Å². The van der Waals surface area contributed by atoms with Gasteiger partial charge in [0.2, 0.25) is 0 Å². The average Bonchev–Trinajstić information content (AvgIpc) is 3.06. The number of aromatic nitrogens is 4. The number of pyridine rings is 2. The number of nitrogens with zero attached hydrogens (tertiary/aromatic N) is 4. The quantitative estimate of drug-likeness (QED) is 0.706. The van der Waals surface area contributed by atoms with Gasteiger partial charge >= 0.3 is 0 Å². The van der Waals surface area contributed by atoms with E-state index in [9.17, 15) is 0 Å². The van der Waals surface area contributed by atoms with Crippen molar-refractivity contribution in [3.63, 3.8) is 0 Å². The van der Waals surface area contributed by atoms with Gasteiger partial charge in [-0.05, 0) is 25.0 Å². The number of fused-ring (bicyclic) bond motifs is 1. The van der Waals surface area contributed by atoms with Gasteiger partial charge in [-0.15, -0.1) is 0 Å². The van der Waals surface area contributed by atoms with Crippen LogP contribution in [0.15, 0.2) is 22.9 Å². The van der Waals surface area contributed by atoms with E-state index in [2.05, 4.69) is 39.3 Å². The maximum Gasteiger partial charge on any atom is 0.261 e. The smallest absolute Gasteiger partial charge is 0.261 e. The summed E-state index contributed by atoms with van der Waals surface area (Å²) >= 11 is 0. The molecule has 7 nitrogen and oxygen atoms in total. The molecule has 0 amide bonds. The lowest BCUT2D eigenvalue weighted by Gasteiger charge is -2.14. The van der Waals surface area contributed by atoms with Crippen LogP contribution in [0.25, 0.3) is 22.5 Å². The Bertz CT molecular complexity index is 860. The van der Waals surface area contributed by atoms with Crippen LogP contribution in [0, 0.1) is 12.8 Å². The van der Waals surface area contributed by atoms with E-state index in [1.54, 1.807) is 13.3 Å². The summed E-state index contributed by atoms with van der Waals surface area (Å²) < 4.78 is 10.5. The molecule has 0 bridgehead atoms. The highest BCUT2D eigenvalue weighted by Crippen LogP contribution is 2.32. The second-order valence-electron chi connectivity index (χ2n) is 6.40. The molecule has 0 saturated carbocycles. The predicted molar refractivity (Wildman–Crippen MR) is 96.5 cm³/mol. The monoisotopic (exact) mass is 341 g/mol. The second-order valence-corrected chi connectivity index (χ2v) is 6.40. The van der Waals surface area contributed by atoms with Gasteiger partial charge in [0.1, 0.15) is 0 Å². The highest BCUT2D eigenvalue weighted by molar-refractivity contribution is 5.96. The Morgan fingerprint density at radius 3 is 2.84 bits per heavy atom. The van der Waals surface area contributed by atoms with Crippen LogP contribution in [0.3, 0.4) is 0 Å². The van der Waals surface area contributed by atoms with Gasteiger partial charge in [-0.25, -0.2) is 9.97 Å². The number of hydrogen-bond donors (Lipinski definition) is 1. The number of aryl methyl sites for hydroxylation is 1. The number of ether oxygens (including phenoxy) is 1. The van der Waals surface area contributed by atoms with Crippen molar-refractivity contribution in [1.82, 2.24) is 20.1 Å². The molecule has 0 aliphatic carbocycles. The largest absolute Gasteiger partial charge is 0.384 e. The van der Waals surface area contributed by atoms with Crippen molar-refractivity contribution < 1.29 is 9.26 Å². The van der Waals surface area contributed by atoms with Crippen molar-refractivity contribution in [3.8, 4) is 11.5 Å². The fourth-order valence-electron chi connectivity index (χ4n) is 2.49. The molecule has 0 saturated heterocycles. The maximum atomic E-state index is 5.45. The van der Waals surface area contributed by atoms with Crippen LogP contribution in [0.5, 0.6) is 0 Å². The molecule has 25 heavy (non-hydrogen) atoms. The summed E-state index contributed by atoms with van der Waals surface area (Å²) in [6.45, 7) is 7.65.